The smallest absolute Gasteiger partial charge is 0.151 e. The minimum Gasteiger partial charge on any atom is -0.262 e. The molecule has 1 unspecified atom stereocenters. The van der Waals surface area contributed by atoms with Crippen molar-refractivity contribution in [3.63, 3.8) is 0 Å². The van der Waals surface area contributed by atoms with Crippen molar-refractivity contribution in [3.8, 4) is 10.6 Å². The van der Waals surface area contributed by atoms with Crippen molar-refractivity contribution in [2.45, 2.75) is 12.3 Å². The first-order valence-corrected chi connectivity index (χ1v) is 5.51. The predicted octanol–water partition coefficient (Wildman–Crippen LogP) is 3.04. The minimum absolute atomic E-state index is 0.207. The quantitative estimate of drug-likeness (QED) is 0.761. The number of rotatable bonds is 2. The summed E-state index contributed by atoms with van der Waals surface area (Å²) in [5, 5.41) is 8.77. The third-order valence-electron chi connectivity index (χ3n) is 1.78. The maximum Gasteiger partial charge on any atom is 0.151 e. The lowest BCUT2D eigenvalue weighted by molar-refractivity contribution is 0.624. The van der Waals surface area contributed by atoms with Crippen molar-refractivity contribution < 1.29 is 4.39 Å². The molecule has 3 nitrogen and oxygen atoms in total. The van der Waals surface area contributed by atoms with Crippen LogP contribution in [-0.2, 0) is 0 Å². The van der Waals surface area contributed by atoms with Crippen LogP contribution in [0.25, 0.3) is 10.6 Å². The van der Waals surface area contributed by atoms with Crippen LogP contribution in [0.1, 0.15) is 17.3 Å². The molecule has 78 valence electrons. The van der Waals surface area contributed by atoms with Crippen LogP contribution in [0.5, 0.6) is 0 Å². The van der Waals surface area contributed by atoms with Gasteiger partial charge >= 0.3 is 0 Å². The van der Waals surface area contributed by atoms with Gasteiger partial charge in [-0.3, -0.25) is 4.98 Å². The molecule has 0 amide bonds. The van der Waals surface area contributed by atoms with E-state index in [-0.39, 0.29) is 5.38 Å². The molecular weight excluding hydrogens is 237 g/mol. The van der Waals surface area contributed by atoms with Crippen molar-refractivity contribution in [3.05, 3.63) is 29.3 Å². The second-order valence-corrected chi connectivity index (χ2v) is 4.58. The van der Waals surface area contributed by atoms with E-state index in [1.165, 1.54) is 17.5 Å². The molecule has 6 heteroatoms. The van der Waals surface area contributed by atoms with Crippen LogP contribution in [0.2, 0.25) is 0 Å². The number of aromatic nitrogens is 3. The minimum atomic E-state index is -0.401. The average molecular weight is 244 g/mol. The highest BCUT2D eigenvalue weighted by Crippen LogP contribution is 2.30. The Morgan fingerprint density at radius 3 is 2.87 bits per heavy atom. The van der Waals surface area contributed by atoms with Gasteiger partial charge in [-0.1, -0.05) is 11.3 Å². The molecule has 2 aromatic heterocycles. The summed E-state index contributed by atoms with van der Waals surface area (Å²) < 4.78 is 13.3. The van der Waals surface area contributed by atoms with Gasteiger partial charge in [-0.05, 0) is 13.0 Å². The largest absolute Gasteiger partial charge is 0.262 e. The van der Waals surface area contributed by atoms with Gasteiger partial charge < -0.3 is 0 Å². The zero-order valence-electron chi connectivity index (χ0n) is 7.82. The third kappa shape index (κ3) is 2.13. The van der Waals surface area contributed by atoms with Gasteiger partial charge in [0.25, 0.3) is 0 Å². The second-order valence-electron chi connectivity index (χ2n) is 2.92. The van der Waals surface area contributed by atoms with E-state index in [1.54, 1.807) is 13.0 Å². The standard InChI is InChI=1S/C9H7ClFN3S/c1-5(10)8-13-14-9(15-8)6-2-3-12-4-7(6)11/h2-5H,1H3. The highest BCUT2D eigenvalue weighted by Gasteiger charge is 2.13. The number of hydrogen-bond donors (Lipinski definition) is 0. The molecule has 15 heavy (non-hydrogen) atoms. The van der Waals surface area contributed by atoms with Gasteiger partial charge in [0.2, 0.25) is 0 Å². The lowest BCUT2D eigenvalue weighted by Crippen LogP contribution is -1.84. The summed E-state index contributed by atoms with van der Waals surface area (Å²) in [6.07, 6.45) is 2.67. The summed E-state index contributed by atoms with van der Waals surface area (Å²) >= 11 is 7.13. The SMILES string of the molecule is CC(Cl)c1nnc(-c2ccncc2F)s1. The fourth-order valence-corrected chi connectivity index (χ4v) is 2.03. The molecule has 2 heterocycles. The molecule has 2 aromatic rings. The molecule has 0 saturated heterocycles. The Balaban J connectivity index is 2.42. The Hall–Kier alpha value is -1.07. The Bertz CT molecular complexity index is 472. The molecule has 0 aromatic carbocycles. The summed E-state index contributed by atoms with van der Waals surface area (Å²) in [7, 11) is 0. The fraction of sp³-hybridized carbons (Fsp3) is 0.222. The molecule has 0 aliphatic heterocycles. The van der Waals surface area contributed by atoms with Gasteiger partial charge in [0.15, 0.2) is 10.8 Å². The molecule has 0 bridgehead atoms. The van der Waals surface area contributed by atoms with Crippen LogP contribution in [0.15, 0.2) is 18.5 Å². The molecule has 1 atom stereocenters. The normalized spacial score (nSPS) is 12.7. The van der Waals surface area contributed by atoms with Gasteiger partial charge in [-0.25, -0.2) is 4.39 Å². The van der Waals surface area contributed by atoms with Crippen LogP contribution in [0.3, 0.4) is 0 Å². The summed E-state index contributed by atoms with van der Waals surface area (Å²) in [5.41, 5.74) is 0.408. The van der Waals surface area contributed by atoms with Gasteiger partial charge in [-0.15, -0.1) is 21.8 Å². The van der Waals surface area contributed by atoms with Crippen molar-refractivity contribution in [1.29, 1.82) is 0 Å². The third-order valence-corrected chi connectivity index (χ3v) is 3.26. The molecule has 0 fully saturated rings. The Kier molecular flexibility index (Phi) is 2.93. The van der Waals surface area contributed by atoms with Gasteiger partial charge in [0, 0.05) is 6.20 Å². The number of nitrogens with zero attached hydrogens (tertiary/aromatic N) is 3. The molecule has 0 radical (unpaired) electrons. The highest BCUT2D eigenvalue weighted by atomic mass is 35.5. The van der Waals surface area contributed by atoms with Crippen LogP contribution < -0.4 is 0 Å². The first-order chi connectivity index (χ1) is 7.18. The lowest BCUT2D eigenvalue weighted by atomic mass is 10.3. The van der Waals surface area contributed by atoms with Gasteiger partial charge in [0.1, 0.15) is 5.01 Å². The molecule has 0 aliphatic carbocycles. The summed E-state index contributed by atoms with van der Waals surface area (Å²) in [4.78, 5) is 3.67. The first-order valence-electron chi connectivity index (χ1n) is 4.26. The van der Waals surface area contributed by atoms with Crippen molar-refractivity contribution in [1.82, 2.24) is 15.2 Å². The average Bonchev–Trinajstić information content (AvgIpc) is 2.67. The fourth-order valence-electron chi connectivity index (χ4n) is 1.05. The van der Waals surface area contributed by atoms with Crippen LogP contribution in [0.4, 0.5) is 4.39 Å². The number of alkyl halides is 1. The van der Waals surface area contributed by atoms with Crippen LogP contribution in [0, 0.1) is 5.82 Å². The van der Waals surface area contributed by atoms with E-state index < -0.39 is 5.82 Å². The van der Waals surface area contributed by atoms with Crippen LogP contribution >= 0.6 is 22.9 Å². The van der Waals surface area contributed by atoms with Crippen molar-refractivity contribution >= 4 is 22.9 Å². The molecule has 0 spiro atoms. The summed E-state index contributed by atoms with van der Waals surface area (Å²) in [6, 6.07) is 1.57. The molecule has 0 N–H and O–H groups in total. The van der Waals surface area contributed by atoms with E-state index in [0.717, 1.165) is 6.20 Å². The summed E-state index contributed by atoms with van der Waals surface area (Å²) in [5.74, 6) is -0.401. The van der Waals surface area contributed by atoms with E-state index >= 15 is 0 Å². The maximum absolute atomic E-state index is 13.3. The second kappa shape index (κ2) is 4.20. The Morgan fingerprint density at radius 2 is 2.27 bits per heavy atom. The molecule has 0 saturated carbocycles. The summed E-state index contributed by atoms with van der Waals surface area (Å²) in [6.45, 7) is 1.80. The number of hydrogen-bond acceptors (Lipinski definition) is 4. The maximum atomic E-state index is 13.3. The predicted molar refractivity (Wildman–Crippen MR) is 57.4 cm³/mol. The van der Waals surface area contributed by atoms with Crippen molar-refractivity contribution in [2.24, 2.45) is 0 Å². The van der Waals surface area contributed by atoms with Gasteiger partial charge in [0.05, 0.1) is 17.1 Å². The Labute approximate surface area is 95.0 Å². The highest BCUT2D eigenvalue weighted by molar-refractivity contribution is 7.15. The molecular formula is C9H7ClFN3S. The van der Waals surface area contributed by atoms with E-state index in [4.69, 9.17) is 11.6 Å². The molecule has 0 aliphatic rings. The monoisotopic (exact) mass is 243 g/mol. The van der Waals surface area contributed by atoms with E-state index in [2.05, 4.69) is 15.2 Å². The topological polar surface area (TPSA) is 38.7 Å². The first kappa shape index (κ1) is 10.4. The van der Waals surface area contributed by atoms with Crippen LogP contribution in [-0.4, -0.2) is 15.2 Å². The van der Waals surface area contributed by atoms with Gasteiger partial charge in [-0.2, -0.15) is 0 Å². The van der Waals surface area contributed by atoms with E-state index in [1.807, 2.05) is 0 Å². The zero-order chi connectivity index (χ0) is 10.8. The lowest BCUT2D eigenvalue weighted by Gasteiger charge is -1.95. The number of pyridine rings is 1. The van der Waals surface area contributed by atoms with E-state index in [0.29, 0.717) is 15.6 Å². The zero-order valence-corrected chi connectivity index (χ0v) is 9.39. The number of halogens is 2. The Morgan fingerprint density at radius 1 is 1.47 bits per heavy atom. The molecule has 2 rings (SSSR count). The van der Waals surface area contributed by atoms with E-state index in [9.17, 15) is 4.39 Å². The van der Waals surface area contributed by atoms with Crippen molar-refractivity contribution in [2.75, 3.05) is 0 Å².